The minimum atomic E-state index is -0.181. The Morgan fingerprint density at radius 2 is 1.15 bits per heavy atom. The second kappa shape index (κ2) is 11.5. The molecule has 0 spiro atoms. The van der Waals surface area contributed by atoms with Crippen molar-refractivity contribution < 1.29 is 0 Å². The van der Waals surface area contributed by atoms with E-state index in [0.29, 0.717) is 0 Å². The molecule has 244 valence electrons. The Labute approximate surface area is 304 Å². The molecule has 10 aromatic rings. The lowest BCUT2D eigenvalue weighted by molar-refractivity contribution is 0.664. The molecule has 0 fully saturated rings. The highest BCUT2D eigenvalue weighted by atomic mass is 32.1. The van der Waals surface area contributed by atoms with Crippen molar-refractivity contribution in [3.8, 4) is 5.69 Å². The predicted octanol–water partition coefficient (Wildman–Crippen LogP) is 12.6. The molecule has 3 nitrogen and oxygen atoms in total. The first kappa shape index (κ1) is 29.3. The monoisotopic (exact) mass is 681 g/mol. The summed E-state index contributed by atoms with van der Waals surface area (Å²) < 4.78 is 5.16. The van der Waals surface area contributed by atoms with Gasteiger partial charge in [-0.1, -0.05) is 146 Å². The summed E-state index contributed by atoms with van der Waals surface area (Å²) >= 11 is 1.92. The minimum absolute atomic E-state index is 0.181. The summed E-state index contributed by atoms with van der Waals surface area (Å²) in [5.74, 6) is 0. The van der Waals surface area contributed by atoms with E-state index in [-0.39, 0.29) is 6.17 Å². The van der Waals surface area contributed by atoms with Crippen LogP contribution in [0.2, 0.25) is 0 Å². The third-order valence-corrected chi connectivity index (χ3v) is 11.8. The van der Waals surface area contributed by atoms with Crippen LogP contribution in [0.15, 0.2) is 181 Å². The number of fused-ring (bicyclic) bond motifs is 10. The zero-order valence-electron chi connectivity index (χ0n) is 28.1. The molecule has 4 heteroatoms. The van der Waals surface area contributed by atoms with Crippen molar-refractivity contribution in [2.45, 2.75) is 6.17 Å². The van der Waals surface area contributed by atoms with E-state index in [1.165, 1.54) is 63.5 Å². The van der Waals surface area contributed by atoms with Gasteiger partial charge in [-0.2, -0.15) is 0 Å². The number of benzene rings is 8. The van der Waals surface area contributed by atoms with Crippen LogP contribution in [0.1, 0.15) is 22.9 Å². The summed E-state index contributed by atoms with van der Waals surface area (Å²) in [6.45, 7) is 0. The number of hydrogen-bond acceptors (Lipinski definition) is 3. The number of hydrogen-bond donors (Lipinski definition) is 1. The molecule has 0 saturated carbocycles. The average Bonchev–Trinajstić information content (AvgIpc) is 3.76. The SMILES string of the molecule is C1=C(c2ccc(-n3c4cc5ccccc5cc4c4ccc5c6ccc7ccccc7c6sc5c43)cc2)NC(c2ccccc2)N=C1c1ccccc1. The second-order valence-electron chi connectivity index (χ2n) is 13.6. The fraction of sp³-hybridized carbons (Fsp3) is 0.0208. The maximum atomic E-state index is 5.14. The standard InChI is InChI=1S/C48H31N3S/c1-3-12-31(13-4-1)42-29-43(50-48(49-42)33-14-5-2-6-15-33)32-19-22-36(23-20-32)51-44-28-35-17-8-7-16-34(35)27-41(44)38-25-26-40-39-24-21-30-11-9-10-18-37(30)46(39)52-47(40)45(38)51/h1-29,48,50H. The maximum Gasteiger partial charge on any atom is 0.145 e. The van der Waals surface area contributed by atoms with E-state index in [2.05, 4.69) is 186 Å². The molecule has 1 aliphatic heterocycles. The molecular weight excluding hydrogens is 651 g/mol. The van der Waals surface area contributed by atoms with E-state index in [0.717, 1.165) is 33.8 Å². The summed E-state index contributed by atoms with van der Waals surface area (Å²) in [6.07, 6.45) is 2.00. The predicted molar refractivity (Wildman–Crippen MR) is 222 cm³/mol. The molecule has 1 aliphatic rings. The smallest absolute Gasteiger partial charge is 0.145 e. The van der Waals surface area contributed by atoms with Gasteiger partial charge in [0, 0.05) is 37.6 Å². The van der Waals surface area contributed by atoms with Crippen LogP contribution in [0.4, 0.5) is 0 Å². The van der Waals surface area contributed by atoms with E-state index in [1.807, 2.05) is 11.3 Å². The van der Waals surface area contributed by atoms with E-state index in [4.69, 9.17) is 4.99 Å². The van der Waals surface area contributed by atoms with Crippen LogP contribution in [0.3, 0.4) is 0 Å². The molecule has 1 unspecified atom stereocenters. The number of rotatable bonds is 4. The number of thiophene rings is 1. The van der Waals surface area contributed by atoms with Crippen molar-refractivity contribution in [1.82, 2.24) is 9.88 Å². The van der Waals surface area contributed by atoms with E-state index >= 15 is 0 Å². The van der Waals surface area contributed by atoms with Crippen LogP contribution in [0, 0.1) is 0 Å². The van der Waals surface area contributed by atoms with Gasteiger partial charge in [-0.15, -0.1) is 11.3 Å². The topological polar surface area (TPSA) is 29.3 Å². The number of aliphatic imine (C=N–C) groups is 1. The van der Waals surface area contributed by atoms with Crippen molar-refractivity contribution in [2.75, 3.05) is 0 Å². The molecule has 1 N–H and O–H groups in total. The van der Waals surface area contributed by atoms with Gasteiger partial charge in [-0.05, 0) is 68.6 Å². The Morgan fingerprint density at radius 3 is 1.96 bits per heavy atom. The van der Waals surface area contributed by atoms with Crippen LogP contribution >= 0.6 is 11.3 Å². The second-order valence-corrected chi connectivity index (χ2v) is 14.6. The lowest BCUT2D eigenvalue weighted by atomic mass is 10.0. The van der Waals surface area contributed by atoms with Gasteiger partial charge < -0.3 is 9.88 Å². The van der Waals surface area contributed by atoms with Gasteiger partial charge >= 0.3 is 0 Å². The van der Waals surface area contributed by atoms with Gasteiger partial charge in [-0.3, -0.25) is 4.99 Å². The van der Waals surface area contributed by atoms with Crippen molar-refractivity contribution in [2.24, 2.45) is 4.99 Å². The van der Waals surface area contributed by atoms with Crippen molar-refractivity contribution in [3.63, 3.8) is 0 Å². The molecule has 52 heavy (non-hydrogen) atoms. The Morgan fingerprint density at radius 1 is 0.500 bits per heavy atom. The largest absolute Gasteiger partial charge is 0.360 e. The number of aromatic nitrogens is 1. The number of nitrogens with zero attached hydrogens (tertiary/aromatic N) is 2. The van der Waals surface area contributed by atoms with Crippen molar-refractivity contribution >= 4 is 86.3 Å². The Hall–Kier alpha value is -6.49. The average molecular weight is 682 g/mol. The minimum Gasteiger partial charge on any atom is -0.360 e. The van der Waals surface area contributed by atoms with Crippen LogP contribution in [-0.2, 0) is 0 Å². The molecule has 0 radical (unpaired) electrons. The third-order valence-electron chi connectivity index (χ3n) is 10.6. The Balaban J connectivity index is 1.12. The third kappa shape index (κ3) is 4.55. The first-order valence-corrected chi connectivity index (χ1v) is 18.6. The van der Waals surface area contributed by atoms with Crippen LogP contribution in [0.5, 0.6) is 0 Å². The van der Waals surface area contributed by atoms with Gasteiger partial charge in [0.05, 0.1) is 21.4 Å². The molecule has 8 aromatic carbocycles. The first-order valence-electron chi connectivity index (χ1n) is 17.7. The van der Waals surface area contributed by atoms with Gasteiger partial charge in [0.15, 0.2) is 0 Å². The molecule has 0 aliphatic carbocycles. The van der Waals surface area contributed by atoms with E-state index in [1.54, 1.807) is 0 Å². The number of nitrogens with one attached hydrogen (secondary N) is 1. The summed E-state index contributed by atoms with van der Waals surface area (Å²) in [4.78, 5) is 5.14. The molecular formula is C48H31N3S. The fourth-order valence-electron chi connectivity index (χ4n) is 8.06. The highest BCUT2D eigenvalue weighted by Crippen LogP contribution is 2.45. The molecule has 11 rings (SSSR count). The summed E-state index contributed by atoms with van der Waals surface area (Å²) in [5, 5.41) is 14.0. The summed E-state index contributed by atoms with van der Waals surface area (Å²) in [5.41, 5.74) is 9.02. The highest BCUT2D eigenvalue weighted by Gasteiger charge is 2.22. The quantitative estimate of drug-likeness (QED) is 0.197. The Kier molecular flexibility index (Phi) is 6.48. The van der Waals surface area contributed by atoms with Gasteiger partial charge in [0.1, 0.15) is 6.17 Å². The molecule has 0 saturated heterocycles. The van der Waals surface area contributed by atoms with Crippen LogP contribution in [0.25, 0.3) is 74.9 Å². The molecule has 2 aromatic heterocycles. The molecule has 3 heterocycles. The molecule has 0 bridgehead atoms. The lowest BCUT2D eigenvalue weighted by Crippen LogP contribution is -2.24. The van der Waals surface area contributed by atoms with E-state index in [9.17, 15) is 0 Å². The van der Waals surface area contributed by atoms with Gasteiger partial charge in [0.25, 0.3) is 0 Å². The Bertz CT molecular complexity index is 3080. The highest BCUT2D eigenvalue weighted by molar-refractivity contribution is 7.27. The molecule has 0 amide bonds. The normalized spacial score (nSPS) is 14.7. The zero-order chi connectivity index (χ0) is 34.2. The summed E-state index contributed by atoms with van der Waals surface area (Å²) in [7, 11) is 0. The fourth-order valence-corrected chi connectivity index (χ4v) is 9.44. The van der Waals surface area contributed by atoms with Crippen LogP contribution < -0.4 is 5.32 Å². The van der Waals surface area contributed by atoms with Crippen molar-refractivity contribution in [1.29, 1.82) is 0 Å². The van der Waals surface area contributed by atoms with Crippen LogP contribution in [-0.4, -0.2) is 10.3 Å². The van der Waals surface area contributed by atoms with Crippen molar-refractivity contribution in [3.05, 3.63) is 193 Å². The number of allylic oxidation sites excluding steroid dienone is 1. The van der Waals surface area contributed by atoms with E-state index < -0.39 is 0 Å². The van der Waals surface area contributed by atoms with Gasteiger partial charge in [-0.25, -0.2) is 0 Å². The van der Waals surface area contributed by atoms with Gasteiger partial charge in [0.2, 0.25) is 0 Å². The zero-order valence-corrected chi connectivity index (χ0v) is 28.9. The summed E-state index contributed by atoms with van der Waals surface area (Å²) in [6, 6.07) is 61.4. The lowest BCUT2D eigenvalue weighted by Gasteiger charge is -2.25. The first-order chi connectivity index (χ1) is 25.8. The molecule has 1 atom stereocenters. The maximum absolute atomic E-state index is 5.14.